The Kier molecular flexibility index (Phi) is 4.27. The van der Waals surface area contributed by atoms with Crippen molar-refractivity contribution in [2.24, 2.45) is 0 Å². The summed E-state index contributed by atoms with van der Waals surface area (Å²) in [5, 5.41) is 0. The van der Waals surface area contributed by atoms with Crippen LogP contribution in [0, 0.1) is 20.8 Å². The third kappa shape index (κ3) is 4.22. The van der Waals surface area contributed by atoms with Crippen LogP contribution in [0.15, 0.2) is 36.4 Å². The van der Waals surface area contributed by atoms with Crippen molar-refractivity contribution in [1.29, 1.82) is 0 Å². The quantitative estimate of drug-likeness (QED) is 0.641. The average molecular weight is 296 g/mol. The molecule has 0 heterocycles. The van der Waals surface area contributed by atoms with Gasteiger partial charge in [-0.1, -0.05) is 62.7 Å². The van der Waals surface area contributed by atoms with Crippen molar-refractivity contribution in [1.82, 2.24) is 0 Å². The van der Waals surface area contributed by atoms with E-state index in [-0.39, 0.29) is 5.41 Å². The minimum absolute atomic E-state index is 0.156. The molecule has 22 heavy (non-hydrogen) atoms. The summed E-state index contributed by atoms with van der Waals surface area (Å²) in [6.07, 6.45) is -0.0403. The Morgan fingerprint density at radius 2 is 1.45 bits per heavy atom. The maximum atomic E-state index is 8.58. The summed E-state index contributed by atoms with van der Waals surface area (Å²) < 4.78 is 17.2. The second kappa shape index (κ2) is 6.69. The van der Waals surface area contributed by atoms with Crippen LogP contribution in [0.25, 0.3) is 0 Å². The highest BCUT2D eigenvalue weighted by Gasteiger charge is 2.12. The second-order valence-corrected chi connectivity index (χ2v) is 7.40. The Hall–Kier alpha value is -1.56. The molecule has 2 rings (SSSR count). The summed E-state index contributed by atoms with van der Waals surface area (Å²) in [7, 11) is 0. The van der Waals surface area contributed by atoms with Crippen LogP contribution in [0.2, 0.25) is 0 Å². The van der Waals surface area contributed by atoms with E-state index in [4.69, 9.17) is 2.74 Å². The Labute approximate surface area is 139 Å². The largest absolute Gasteiger partial charge is 0.0588 e. The first-order valence-electron chi connectivity index (χ1n) is 9.18. The molecule has 2 aromatic rings. The van der Waals surface area contributed by atoms with Crippen molar-refractivity contribution < 1.29 is 2.74 Å². The summed E-state index contributed by atoms with van der Waals surface area (Å²) in [6.45, 7) is 12.7. The van der Waals surface area contributed by atoms with E-state index in [0.717, 1.165) is 23.1 Å². The molecule has 0 bridgehead atoms. The third-order valence-electron chi connectivity index (χ3n) is 4.21. The van der Waals surface area contributed by atoms with E-state index in [9.17, 15) is 0 Å². The standard InChI is InChI=1S/C22H30/c1-16-14-17(2)21(18(3)15-16)9-7-8-19-10-12-20(13-11-19)22(4,5)6/h10-15H,7-9H2,1-6H3/i9D2. The summed E-state index contributed by atoms with van der Waals surface area (Å²) >= 11 is 0. The average Bonchev–Trinajstić information content (AvgIpc) is 2.43. The minimum atomic E-state index is -1.30. The van der Waals surface area contributed by atoms with E-state index in [1.807, 2.05) is 13.8 Å². The van der Waals surface area contributed by atoms with Gasteiger partial charge in [0.05, 0.1) is 0 Å². The highest BCUT2D eigenvalue weighted by molar-refractivity contribution is 5.37. The first-order chi connectivity index (χ1) is 11.0. The molecule has 0 unspecified atom stereocenters. The van der Waals surface area contributed by atoms with Gasteiger partial charge < -0.3 is 0 Å². The van der Waals surface area contributed by atoms with Crippen LogP contribution < -0.4 is 0 Å². The fourth-order valence-electron chi connectivity index (χ4n) is 2.96. The number of hydrogen-bond acceptors (Lipinski definition) is 0. The molecule has 0 spiro atoms. The lowest BCUT2D eigenvalue weighted by atomic mass is 9.86. The molecule has 0 saturated heterocycles. The smallest absolute Gasteiger partial charge is 0.0316 e. The fraction of sp³-hybridized carbons (Fsp3) is 0.455. The van der Waals surface area contributed by atoms with E-state index in [1.54, 1.807) is 0 Å². The van der Waals surface area contributed by atoms with Gasteiger partial charge in [-0.2, -0.15) is 0 Å². The minimum Gasteiger partial charge on any atom is -0.0588 e. The normalized spacial score (nSPS) is 13.7. The Morgan fingerprint density at radius 3 is 1.95 bits per heavy atom. The van der Waals surface area contributed by atoms with Gasteiger partial charge in [0.1, 0.15) is 0 Å². The molecule has 0 aliphatic carbocycles. The van der Waals surface area contributed by atoms with Gasteiger partial charge in [-0.15, -0.1) is 0 Å². The topological polar surface area (TPSA) is 0 Å². The van der Waals surface area contributed by atoms with Gasteiger partial charge in [0.25, 0.3) is 0 Å². The molecule has 0 saturated carbocycles. The van der Waals surface area contributed by atoms with Crippen LogP contribution in [0.3, 0.4) is 0 Å². The Balaban J connectivity index is 2.16. The zero-order valence-corrected chi connectivity index (χ0v) is 14.9. The van der Waals surface area contributed by atoms with Crippen LogP contribution in [-0.2, 0) is 18.2 Å². The molecular weight excluding hydrogens is 264 g/mol. The first-order valence-corrected chi connectivity index (χ1v) is 8.18. The number of hydrogen-bond donors (Lipinski definition) is 0. The summed E-state index contributed by atoms with van der Waals surface area (Å²) in [6, 6.07) is 12.8. The summed E-state index contributed by atoms with van der Waals surface area (Å²) in [4.78, 5) is 0. The van der Waals surface area contributed by atoms with Gasteiger partial charge in [0, 0.05) is 2.74 Å². The molecule has 0 aliphatic heterocycles. The third-order valence-corrected chi connectivity index (χ3v) is 4.21. The lowest BCUT2D eigenvalue weighted by Gasteiger charge is -2.19. The van der Waals surface area contributed by atoms with Gasteiger partial charge in [-0.05, 0) is 73.2 Å². The monoisotopic (exact) mass is 296 g/mol. The van der Waals surface area contributed by atoms with Crippen molar-refractivity contribution in [3.63, 3.8) is 0 Å². The van der Waals surface area contributed by atoms with E-state index >= 15 is 0 Å². The van der Waals surface area contributed by atoms with Crippen LogP contribution >= 0.6 is 0 Å². The lowest BCUT2D eigenvalue weighted by molar-refractivity contribution is 0.590. The van der Waals surface area contributed by atoms with Crippen LogP contribution in [-0.4, -0.2) is 0 Å². The zero-order valence-electron chi connectivity index (χ0n) is 16.9. The van der Waals surface area contributed by atoms with Crippen molar-refractivity contribution in [3.8, 4) is 0 Å². The number of rotatable bonds is 4. The van der Waals surface area contributed by atoms with Gasteiger partial charge in [-0.25, -0.2) is 0 Å². The Bertz CT molecular complexity index is 681. The lowest BCUT2D eigenvalue weighted by Crippen LogP contribution is -2.10. The van der Waals surface area contributed by atoms with Gasteiger partial charge in [0.15, 0.2) is 0 Å². The van der Waals surface area contributed by atoms with Crippen molar-refractivity contribution in [2.75, 3.05) is 0 Å². The Morgan fingerprint density at radius 1 is 0.909 bits per heavy atom. The van der Waals surface area contributed by atoms with Gasteiger partial charge in [-0.3, -0.25) is 0 Å². The zero-order chi connectivity index (χ0) is 18.1. The number of benzene rings is 2. The SMILES string of the molecule is [2H]C([2H])(CCc1ccc(C(C)(C)C)cc1)c1c(C)cc(C)cc1C. The molecule has 0 aromatic heterocycles. The molecule has 0 N–H and O–H groups in total. The maximum absolute atomic E-state index is 8.58. The highest BCUT2D eigenvalue weighted by Crippen LogP contribution is 2.23. The molecular formula is C22H30. The molecule has 2 aromatic carbocycles. The van der Waals surface area contributed by atoms with E-state index in [0.29, 0.717) is 6.42 Å². The molecule has 0 fully saturated rings. The summed E-state index contributed by atoms with van der Waals surface area (Å²) in [5.74, 6) is 0. The predicted octanol–water partition coefficient (Wildman–Crippen LogP) is 6.08. The van der Waals surface area contributed by atoms with Crippen molar-refractivity contribution >= 4 is 0 Å². The first kappa shape index (κ1) is 14.1. The number of aryl methyl sites for hydroxylation is 4. The van der Waals surface area contributed by atoms with E-state index in [2.05, 4.69) is 64.1 Å². The molecule has 0 atom stereocenters. The molecule has 118 valence electrons. The molecule has 0 aliphatic rings. The second-order valence-electron chi connectivity index (χ2n) is 7.40. The van der Waals surface area contributed by atoms with Gasteiger partial charge in [0.2, 0.25) is 0 Å². The van der Waals surface area contributed by atoms with Crippen molar-refractivity contribution in [3.05, 3.63) is 69.8 Å². The highest BCUT2D eigenvalue weighted by atomic mass is 14.2. The predicted molar refractivity (Wildman–Crippen MR) is 97.8 cm³/mol. The molecule has 0 nitrogen and oxygen atoms in total. The summed E-state index contributed by atoms with van der Waals surface area (Å²) in [5.41, 5.74) is 6.85. The fourth-order valence-corrected chi connectivity index (χ4v) is 2.96. The van der Waals surface area contributed by atoms with Crippen LogP contribution in [0.4, 0.5) is 0 Å². The van der Waals surface area contributed by atoms with Crippen molar-refractivity contribution in [2.45, 2.75) is 66.2 Å². The molecule has 0 amide bonds. The van der Waals surface area contributed by atoms with E-state index < -0.39 is 6.37 Å². The van der Waals surface area contributed by atoms with E-state index in [1.165, 1.54) is 16.7 Å². The van der Waals surface area contributed by atoms with Crippen LogP contribution in [0.5, 0.6) is 0 Å². The van der Waals surface area contributed by atoms with Gasteiger partial charge >= 0.3 is 0 Å². The molecule has 0 radical (unpaired) electrons. The van der Waals surface area contributed by atoms with Crippen LogP contribution in [0.1, 0.15) is 63.3 Å². The molecule has 0 heteroatoms. The maximum Gasteiger partial charge on any atom is 0.0316 e.